The molecule has 0 spiro atoms. The first-order valence-corrected chi connectivity index (χ1v) is 7.96. The van der Waals surface area contributed by atoms with E-state index in [2.05, 4.69) is 22.0 Å². The fourth-order valence-corrected chi connectivity index (χ4v) is 3.35. The molecule has 0 bridgehead atoms. The molecule has 122 valence electrons. The van der Waals surface area contributed by atoms with E-state index in [4.69, 9.17) is 9.72 Å². The molecule has 0 aliphatic heterocycles. The Morgan fingerprint density at radius 3 is 2.54 bits per heavy atom. The van der Waals surface area contributed by atoms with Gasteiger partial charge in [0.25, 0.3) is 0 Å². The van der Waals surface area contributed by atoms with Gasteiger partial charge in [0.1, 0.15) is 5.75 Å². The number of aromatic nitrogens is 3. The second-order valence-electron chi connectivity index (χ2n) is 5.77. The third-order valence-electron chi connectivity index (χ3n) is 4.42. The number of aliphatic hydroxyl groups is 1. The van der Waals surface area contributed by atoms with Gasteiger partial charge in [0.15, 0.2) is 0 Å². The number of para-hydroxylation sites is 2. The Kier molecular flexibility index (Phi) is 3.50. The Balaban J connectivity index is 2.02. The van der Waals surface area contributed by atoms with Gasteiger partial charge in [-0.25, -0.2) is 4.98 Å². The maximum absolute atomic E-state index is 9.54. The lowest BCUT2D eigenvalue weighted by molar-refractivity contribution is 0.278. The summed E-state index contributed by atoms with van der Waals surface area (Å²) < 4.78 is 9.49. The van der Waals surface area contributed by atoms with E-state index in [1.807, 2.05) is 42.5 Å². The van der Waals surface area contributed by atoms with Gasteiger partial charge in [-0.05, 0) is 43.3 Å². The summed E-state index contributed by atoms with van der Waals surface area (Å²) in [5.74, 6) is 1.68. The number of fused-ring (bicyclic) bond motifs is 3. The summed E-state index contributed by atoms with van der Waals surface area (Å²) in [6.45, 7) is 2.66. The first-order valence-electron chi connectivity index (χ1n) is 7.96. The molecule has 0 unspecified atom stereocenters. The lowest BCUT2D eigenvalue weighted by Gasteiger charge is -2.09. The number of benzene rings is 2. The van der Waals surface area contributed by atoms with Gasteiger partial charge in [0.05, 0.1) is 30.4 Å². The van der Waals surface area contributed by atoms with Crippen LogP contribution in [0.2, 0.25) is 0 Å². The molecule has 0 aliphatic carbocycles. The van der Waals surface area contributed by atoms with Crippen LogP contribution in [0, 0.1) is 6.92 Å². The van der Waals surface area contributed by atoms with Gasteiger partial charge >= 0.3 is 0 Å². The van der Waals surface area contributed by atoms with E-state index in [9.17, 15) is 5.11 Å². The van der Waals surface area contributed by atoms with Gasteiger partial charge in [-0.2, -0.15) is 0 Å². The highest BCUT2D eigenvalue weighted by atomic mass is 16.5. The number of rotatable bonds is 4. The minimum atomic E-state index is 0.0656. The van der Waals surface area contributed by atoms with Crippen LogP contribution in [-0.2, 0) is 6.54 Å². The number of aryl methyl sites for hydroxylation is 1. The summed E-state index contributed by atoms with van der Waals surface area (Å²) in [4.78, 5) is 4.76. The Bertz CT molecular complexity index is 1010. The molecule has 4 rings (SSSR count). The molecule has 0 radical (unpaired) electrons. The molecule has 24 heavy (non-hydrogen) atoms. The molecule has 2 aromatic carbocycles. The van der Waals surface area contributed by atoms with Gasteiger partial charge in [-0.15, -0.1) is 0 Å². The molecular formula is C19H19N3O2. The van der Waals surface area contributed by atoms with E-state index in [1.165, 1.54) is 0 Å². The normalized spacial score (nSPS) is 11.5. The summed E-state index contributed by atoms with van der Waals surface area (Å²) in [6, 6.07) is 16.1. The maximum atomic E-state index is 9.54. The predicted octanol–water partition coefficient (Wildman–Crippen LogP) is 3.27. The zero-order chi connectivity index (χ0) is 16.7. The van der Waals surface area contributed by atoms with Crippen LogP contribution in [0.5, 0.6) is 5.75 Å². The van der Waals surface area contributed by atoms with E-state index in [0.29, 0.717) is 6.54 Å². The number of methoxy groups -OCH3 is 1. The average Bonchev–Trinajstić information content (AvgIpc) is 3.12. The SMILES string of the molecule is COc1ccc(-c2c(C)n3c4ccccc4nc3n2CCO)cc1. The van der Waals surface area contributed by atoms with Crippen molar-refractivity contribution in [3.8, 4) is 17.0 Å². The molecule has 2 aromatic heterocycles. The molecule has 5 heteroatoms. The van der Waals surface area contributed by atoms with Crippen molar-refractivity contribution in [3.63, 3.8) is 0 Å². The molecule has 4 aromatic rings. The molecule has 2 heterocycles. The van der Waals surface area contributed by atoms with Gasteiger partial charge in [-0.3, -0.25) is 4.40 Å². The lowest BCUT2D eigenvalue weighted by atomic mass is 10.1. The van der Waals surface area contributed by atoms with Crippen molar-refractivity contribution < 1.29 is 9.84 Å². The van der Waals surface area contributed by atoms with E-state index in [0.717, 1.165) is 39.5 Å². The third kappa shape index (κ3) is 2.09. The minimum Gasteiger partial charge on any atom is -0.497 e. The van der Waals surface area contributed by atoms with Crippen molar-refractivity contribution >= 4 is 16.8 Å². The maximum Gasteiger partial charge on any atom is 0.215 e. The Morgan fingerprint density at radius 2 is 1.83 bits per heavy atom. The van der Waals surface area contributed by atoms with Gasteiger partial charge < -0.3 is 14.4 Å². The van der Waals surface area contributed by atoms with E-state index < -0.39 is 0 Å². The second kappa shape index (κ2) is 5.69. The van der Waals surface area contributed by atoms with Gasteiger partial charge in [0, 0.05) is 17.8 Å². The standard InChI is InChI=1S/C19H19N3O2/c1-13-18(14-7-9-15(24-2)10-8-14)21(11-12-23)19-20-16-5-3-4-6-17(16)22(13)19/h3-10,23H,11-12H2,1-2H3. The van der Waals surface area contributed by atoms with Crippen LogP contribution in [0.15, 0.2) is 48.5 Å². The topological polar surface area (TPSA) is 51.7 Å². The summed E-state index contributed by atoms with van der Waals surface area (Å²) in [6.07, 6.45) is 0. The van der Waals surface area contributed by atoms with Crippen LogP contribution >= 0.6 is 0 Å². The number of hydrogen-bond acceptors (Lipinski definition) is 3. The number of ether oxygens (including phenoxy) is 1. The van der Waals surface area contributed by atoms with Crippen LogP contribution in [0.3, 0.4) is 0 Å². The van der Waals surface area contributed by atoms with Crippen LogP contribution in [0.1, 0.15) is 5.69 Å². The molecule has 0 amide bonds. The van der Waals surface area contributed by atoms with Crippen molar-refractivity contribution in [1.82, 2.24) is 14.0 Å². The fourth-order valence-electron chi connectivity index (χ4n) is 3.35. The molecule has 0 atom stereocenters. The Labute approximate surface area is 139 Å². The van der Waals surface area contributed by atoms with Crippen molar-refractivity contribution in [2.45, 2.75) is 13.5 Å². The quantitative estimate of drug-likeness (QED) is 0.628. The largest absolute Gasteiger partial charge is 0.497 e. The van der Waals surface area contributed by atoms with Gasteiger partial charge in [0.2, 0.25) is 5.78 Å². The molecule has 0 fully saturated rings. The van der Waals surface area contributed by atoms with E-state index in [1.54, 1.807) is 7.11 Å². The summed E-state index contributed by atoms with van der Waals surface area (Å²) >= 11 is 0. The smallest absolute Gasteiger partial charge is 0.215 e. The van der Waals surface area contributed by atoms with E-state index >= 15 is 0 Å². The highest BCUT2D eigenvalue weighted by molar-refractivity contribution is 5.82. The number of imidazole rings is 2. The summed E-state index contributed by atoms with van der Waals surface area (Å²) in [5.41, 5.74) is 5.30. The Morgan fingerprint density at radius 1 is 1.08 bits per heavy atom. The molecular weight excluding hydrogens is 302 g/mol. The third-order valence-corrected chi connectivity index (χ3v) is 4.42. The van der Waals surface area contributed by atoms with Crippen molar-refractivity contribution in [2.24, 2.45) is 0 Å². The van der Waals surface area contributed by atoms with Crippen molar-refractivity contribution in [2.75, 3.05) is 13.7 Å². The first kappa shape index (κ1) is 14.8. The molecule has 0 saturated heterocycles. The molecule has 5 nitrogen and oxygen atoms in total. The van der Waals surface area contributed by atoms with Crippen LogP contribution in [0.25, 0.3) is 28.1 Å². The average molecular weight is 321 g/mol. The van der Waals surface area contributed by atoms with Gasteiger partial charge in [-0.1, -0.05) is 12.1 Å². The van der Waals surface area contributed by atoms with Crippen molar-refractivity contribution in [1.29, 1.82) is 0 Å². The highest BCUT2D eigenvalue weighted by Crippen LogP contribution is 2.31. The number of hydrogen-bond donors (Lipinski definition) is 1. The van der Waals surface area contributed by atoms with Crippen LogP contribution in [0.4, 0.5) is 0 Å². The lowest BCUT2D eigenvalue weighted by Crippen LogP contribution is -2.04. The number of nitrogens with zero attached hydrogens (tertiary/aromatic N) is 3. The zero-order valence-corrected chi connectivity index (χ0v) is 13.7. The molecule has 0 saturated carbocycles. The van der Waals surface area contributed by atoms with Crippen LogP contribution < -0.4 is 4.74 Å². The minimum absolute atomic E-state index is 0.0656. The Hall–Kier alpha value is -2.79. The molecule has 0 aliphatic rings. The molecule has 1 N–H and O–H groups in total. The first-order chi connectivity index (χ1) is 11.7. The van der Waals surface area contributed by atoms with Crippen molar-refractivity contribution in [3.05, 3.63) is 54.2 Å². The predicted molar refractivity (Wildman–Crippen MR) is 94.5 cm³/mol. The monoisotopic (exact) mass is 321 g/mol. The van der Waals surface area contributed by atoms with Crippen LogP contribution in [-0.4, -0.2) is 32.8 Å². The number of aliphatic hydroxyl groups excluding tert-OH is 1. The second-order valence-corrected chi connectivity index (χ2v) is 5.77. The highest BCUT2D eigenvalue weighted by Gasteiger charge is 2.19. The zero-order valence-electron chi connectivity index (χ0n) is 13.7. The summed E-state index contributed by atoms with van der Waals surface area (Å²) in [5, 5.41) is 9.54. The van der Waals surface area contributed by atoms with E-state index in [-0.39, 0.29) is 6.61 Å². The fraction of sp³-hybridized carbons (Fsp3) is 0.211. The summed E-state index contributed by atoms with van der Waals surface area (Å²) in [7, 11) is 1.66.